The predicted octanol–water partition coefficient (Wildman–Crippen LogP) is 5.54. The van der Waals surface area contributed by atoms with Crippen molar-refractivity contribution in [3.8, 4) is 17.2 Å². The highest BCUT2D eigenvalue weighted by Gasteiger charge is 2.24. The number of carbonyl (C=O) groups excluding carboxylic acids is 1. The summed E-state index contributed by atoms with van der Waals surface area (Å²) in [7, 11) is 0. The van der Waals surface area contributed by atoms with Crippen LogP contribution in [0.15, 0.2) is 54.6 Å². The van der Waals surface area contributed by atoms with Crippen molar-refractivity contribution in [2.45, 2.75) is 26.2 Å². The first-order valence-electron chi connectivity index (χ1n) is 9.87. The number of thiophene rings is 1. The number of fused-ring (bicyclic) bond motifs is 1. The maximum atomic E-state index is 12.6. The lowest BCUT2D eigenvalue weighted by molar-refractivity contribution is 0.0978. The van der Waals surface area contributed by atoms with Crippen LogP contribution in [-0.2, 0) is 12.8 Å². The van der Waals surface area contributed by atoms with Crippen LogP contribution in [0.3, 0.4) is 0 Å². The molecular formula is C24H21N3OS2. The summed E-state index contributed by atoms with van der Waals surface area (Å²) in [6, 6.07) is 19.7. The molecule has 0 spiro atoms. The second-order valence-electron chi connectivity index (χ2n) is 7.52. The number of hydrogen-bond donors (Lipinski definition) is 2. The monoisotopic (exact) mass is 431 g/mol. The lowest BCUT2D eigenvalue weighted by atomic mass is 9.89. The SMILES string of the molecule is C[C@@H]1CCc2c(sc(NC(=S)NC(=O)c3ccc(-c4ccccc4)cc3)c2C#N)C1. The van der Waals surface area contributed by atoms with Crippen molar-refractivity contribution >= 4 is 39.6 Å². The fourth-order valence-corrected chi connectivity index (χ4v) is 5.34. The van der Waals surface area contributed by atoms with Crippen LogP contribution in [0.4, 0.5) is 5.00 Å². The van der Waals surface area contributed by atoms with Crippen molar-refractivity contribution in [1.82, 2.24) is 5.32 Å². The normalized spacial score (nSPS) is 15.0. The van der Waals surface area contributed by atoms with Crippen LogP contribution < -0.4 is 10.6 Å². The number of nitrogens with one attached hydrogen (secondary N) is 2. The third-order valence-electron chi connectivity index (χ3n) is 5.33. The molecule has 0 aliphatic heterocycles. The van der Waals surface area contributed by atoms with Gasteiger partial charge in [0.1, 0.15) is 11.1 Å². The summed E-state index contributed by atoms with van der Waals surface area (Å²) in [5.74, 6) is 0.349. The van der Waals surface area contributed by atoms with Gasteiger partial charge in [-0.2, -0.15) is 5.26 Å². The number of nitrogens with zero attached hydrogens (tertiary/aromatic N) is 1. The molecule has 6 heteroatoms. The molecule has 2 N–H and O–H groups in total. The molecule has 2 aromatic carbocycles. The summed E-state index contributed by atoms with van der Waals surface area (Å²) in [4.78, 5) is 13.8. The number of amides is 1. The standard InChI is InChI=1S/C24H21N3OS2/c1-15-7-12-19-20(14-25)23(30-21(19)13-15)27-24(29)26-22(28)18-10-8-17(9-11-18)16-5-3-2-4-6-16/h2-6,8-11,15H,7,12-13H2,1H3,(H2,26,27,28,29)/t15-/m1/s1. The highest BCUT2D eigenvalue weighted by molar-refractivity contribution is 7.80. The number of hydrogen-bond acceptors (Lipinski definition) is 4. The van der Waals surface area contributed by atoms with Gasteiger partial charge >= 0.3 is 0 Å². The quantitative estimate of drug-likeness (QED) is 0.535. The van der Waals surface area contributed by atoms with E-state index in [2.05, 4.69) is 23.6 Å². The zero-order chi connectivity index (χ0) is 21.1. The molecule has 1 heterocycles. The summed E-state index contributed by atoms with van der Waals surface area (Å²) in [5, 5.41) is 16.3. The molecule has 1 amide bonds. The van der Waals surface area contributed by atoms with Gasteiger partial charge in [0.05, 0.1) is 5.56 Å². The van der Waals surface area contributed by atoms with E-state index in [0.29, 0.717) is 17.0 Å². The Morgan fingerprint density at radius 3 is 2.53 bits per heavy atom. The van der Waals surface area contributed by atoms with Crippen LogP contribution in [0, 0.1) is 17.2 Å². The van der Waals surface area contributed by atoms with Gasteiger partial charge in [-0.15, -0.1) is 11.3 Å². The molecule has 3 aromatic rings. The summed E-state index contributed by atoms with van der Waals surface area (Å²) in [6.07, 6.45) is 3.01. The largest absolute Gasteiger partial charge is 0.323 e. The lowest BCUT2D eigenvalue weighted by Gasteiger charge is -2.17. The molecule has 0 saturated heterocycles. The molecule has 0 radical (unpaired) electrons. The molecule has 150 valence electrons. The van der Waals surface area contributed by atoms with Gasteiger partial charge in [-0.05, 0) is 66.2 Å². The van der Waals surface area contributed by atoms with Crippen molar-refractivity contribution in [1.29, 1.82) is 5.26 Å². The smallest absolute Gasteiger partial charge is 0.257 e. The minimum absolute atomic E-state index is 0.204. The van der Waals surface area contributed by atoms with E-state index in [0.717, 1.165) is 41.0 Å². The van der Waals surface area contributed by atoms with E-state index in [1.165, 1.54) is 4.88 Å². The summed E-state index contributed by atoms with van der Waals surface area (Å²) < 4.78 is 0. The first kappa shape index (κ1) is 20.3. The van der Waals surface area contributed by atoms with Gasteiger partial charge in [0.25, 0.3) is 5.91 Å². The lowest BCUT2D eigenvalue weighted by Crippen LogP contribution is -2.34. The zero-order valence-electron chi connectivity index (χ0n) is 16.6. The van der Waals surface area contributed by atoms with Gasteiger partial charge in [0, 0.05) is 10.4 Å². The summed E-state index contributed by atoms with van der Waals surface area (Å²) >= 11 is 6.91. The minimum Gasteiger partial charge on any atom is -0.323 e. The van der Waals surface area contributed by atoms with E-state index in [-0.39, 0.29) is 11.0 Å². The Morgan fingerprint density at radius 2 is 1.83 bits per heavy atom. The second kappa shape index (κ2) is 8.78. The molecule has 30 heavy (non-hydrogen) atoms. The summed E-state index contributed by atoms with van der Waals surface area (Å²) in [6.45, 7) is 2.23. The highest BCUT2D eigenvalue weighted by atomic mass is 32.1. The van der Waals surface area contributed by atoms with Crippen LogP contribution in [0.2, 0.25) is 0 Å². The average Bonchev–Trinajstić information content (AvgIpc) is 3.10. The summed E-state index contributed by atoms with van der Waals surface area (Å²) in [5.41, 5.74) is 4.46. The van der Waals surface area contributed by atoms with Crippen LogP contribution in [-0.4, -0.2) is 11.0 Å². The number of nitriles is 1. The van der Waals surface area contributed by atoms with Gasteiger partial charge in [-0.1, -0.05) is 49.4 Å². The van der Waals surface area contributed by atoms with E-state index in [9.17, 15) is 10.1 Å². The Balaban J connectivity index is 1.43. The number of rotatable bonds is 3. The molecule has 0 unspecified atom stereocenters. The maximum Gasteiger partial charge on any atom is 0.257 e. The first-order valence-corrected chi connectivity index (χ1v) is 11.1. The van der Waals surface area contributed by atoms with Gasteiger partial charge in [0.15, 0.2) is 5.11 Å². The van der Waals surface area contributed by atoms with Gasteiger partial charge in [0.2, 0.25) is 0 Å². The number of benzene rings is 2. The zero-order valence-corrected chi connectivity index (χ0v) is 18.2. The Morgan fingerprint density at radius 1 is 1.13 bits per heavy atom. The molecule has 1 aromatic heterocycles. The van der Waals surface area contributed by atoms with E-state index < -0.39 is 0 Å². The van der Waals surface area contributed by atoms with E-state index >= 15 is 0 Å². The Hall–Kier alpha value is -3.01. The number of carbonyl (C=O) groups is 1. The molecule has 1 atom stereocenters. The van der Waals surface area contributed by atoms with Crippen molar-refractivity contribution in [2.24, 2.45) is 5.92 Å². The Labute approximate surface area is 185 Å². The topological polar surface area (TPSA) is 64.9 Å². The van der Waals surface area contributed by atoms with Gasteiger partial charge in [-0.3, -0.25) is 10.1 Å². The van der Waals surface area contributed by atoms with Crippen LogP contribution in [0.1, 0.15) is 39.7 Å². The van der Waals surface area contributed by atoms with E-state index in [1.54, 1.807) is 23.5 Å². The molecule has 4 rings (SSSR count). The number of thiocarbonyl (C=S) groups is 1. The molecule has 0 bridgehead atoms. The fourth-order valence-electron chi connectivity index (χ4n) is 3.71. The molecule has 1 aliphatic carbocycles. The number of anilines is 1. The maximum absolute atomic E-state index is 12.6. The van der Waals surface area contributed by atoms with Gasteiger partial charge in [-0.25, -0.2) is 0 Å². The van der Waals surface area contributed by atoms with Crippen molar-refractivity contribution in [2.75, 3.05) is 5.32 Å². The van der Waals surface area contributed by atoms with Crippen LogP contribution in [0.25, 0.3) is 11.1 Å². The highest BCUT2D eigenvalue weighted by Crippen LogP contribution is 2.39. The predicted molar refractivity (Wildman–Crippen MR) is 126 cm³/mol. The molecular weight excluding hydrogens is 410 g/mol. The van der Waals surface area contributed by atoms with Crippen molar-refractivity contribution in [3.63, 3.8) is 0 Å². The molecule has 0 saturated carbocycles. The van der Waals surface area contributed by atoms with E-state index in [4.69, 9.17) is 12.2 Å². The van der Waals surface area contributed by atoms with Crippen molar-refractivity contribution < 1.29 is 4.79 Å². The van der Waals surface area contributed by atoms with Crippen molar-refractivity contribution in [3.05, 3.63) is 76.2 Å². The Kier molecular flexibility index (Phi) is 5.93. The average molecular weight is 432 g/mol. The molecule has 1 aliphatic rings. The second-order valence-corrected chi connectivity index (χ2v) is 9.03. The molecule has 4 nitrogen and oxygen atoms in total. The van der Waals surface area contributed by atoms with Crippen LogP contribution >= 0.6 is 23.6 Å². The third-order valence-corrected chi connectivity index (χ3v) is 6.71. The molecule has 0 fully saturated rings. The van der Waals surface area contributed by atoms with E-state index in [1.807, 2.05) is 42.5 Å². The third kappa shape index (κ3) is 4.28. The fraction of sp³-hybridized carbons (Fsp3) is 0.208. The first-order chi connectivity index (χ1) is 14.5. The van der Waals surface area contributed by atoms with Crippen LogP contribution in [0.5, 0.6) is 0 Å². The minimum atomic E-state index is -0.277. The Bertz CT molecular complexity index is 1130. The van der Waals surface area contributed by atoms with Gasteiger partial charge < -0.3 is 5.32 Å².